The summed E-state index contributed by atoms with van der Waals surface area (Å²) in [6, 6.07) is 0.157. The number of carbonyl (C=O) groups excluding carboxylic acids is 1. The van der Waals surface area contributed by atoms with E-state index in [9.17, 15) is 4.79 Å². The van der Waals surface area contributed by atoms with Crippen molar-refractivity contribution in [3.05, 3.63) is 0 Å². The van der Waals surface area contributed by atoms with Gasteiger partial charge in [0.05, 0.1) is 0 Å². The number of alkyl carbamates (subject to hydrolysis) is 1. The van der Waals surface area contributed by atoms with Gasteiger partial charge in [0.25, 0.3) is 0 Å². The van der Waals surface area contributed by atoms with Gasteiger partial charge in [0.2, 0.25) is 0 Å². The first-order valence-electron chi connectivity index (χ1n) is 6.30. The van der Waals surface area contributed by atoms with Gasteiger partial charge in [-0.1, -0.05) is 20.8 Å². The van der Waals surface area contributed by atoms with Crippen LogP contribution in [0.5, 0.6) is 0 Å². The second-order valence-electron chi connectivity index (χ2n) is 6.88. The van der Waals surface area contributed by atoms with Crippen LogP contribution in [0, 0.1) is 11.3 Å². The zero-order valence-electron chi connectivity index (χ0n) is 11.9. The second kappa shape index (κ2) is 4.84. The second-order valence-corrected chi connectivity index (χ2v) is 6.88. The lowest BCUT2D eigenvalue weighted by atomic mass is 9.78. The molecule has 2 N–H and O–H groups in total. The Kier molecular flexibility index (Phi) is 4.07. The Labute approximate surface area is 104 Å². The van der Waals surface area contributed by atoms with Crippen LogP contribution in [0.4, 0.5) is 4.79 Å². The van der Waals surface area contributed by atoms with Crippen LogP contribution in [0.15, 0.2) is 0 Å². The number of nitrogens with one attached hydrogen (secondary N) is 2. The van der Waals surface area contributed by atoms with Crippen molar-refractivity contribution in [1.82, 2.24) is 10.6 Å². The van der Waals surface area contributed by atoms with Crippen LogP contribution in [0.3, 0.4) is 0 Å². The zero-order chi connectivity index (χ0) is 13.3. The third kappa shape index (κ3) is 4.54. The first-order valence-corrected chi connectivity index (χ1v) is 6.30. The Morgan fingerprint density at radius 2 is 1.76 bits per heavy atom. The molecule has 100 valence electrons. The molecule has 0 radical (unpaired) electrons. The van der Waals surface area contributed by atoms with Crippen LogP contribution in [0.1, 0.15) is 41.5 Å². The predicted molar refractivity (Wildman–Crippen MR) is 69.0 cm³/mol. The summed E-state index contributed by atoms with van der Waals surface area (Å²) in [7, 11) is 0. The van der Waals surface area contributed by atoms with Crippen LogP contribution >= 0.6 is 0 Å². The Balaban J connectivity index is 2.54. The minimum Gasteiger partial charge on any atom is -0.444 e. The molecule has 17 heavy (non-hydrogen) atoms. The van der Waals surface area contributed by atoms with Gasteiger partial charge in [-0.05, 0) is 32.1 Å². The zero-order valence-corrected chi connectivity index (χ0v) is 11.9. The molecule has 1 amide bonds. The number of carbonyl (C=O) groups is 1. The van der Waals surface area contributed by atoms with Crippen molar-refractivity contribution in [3.63, 3.8) is 0 Å². The van der Waals surface area contributed by atoms with Crippen molar-refractivity contribution in [2.75, 3.05) is 13.1 Å². The lowest BCUT2D eigenvalue weighted by Gasteiger charge is -2.32. The summed E-state index contributed by atoms with van der Waals surface area (Å²) in [6.45, 7) is 14.0. The highest BCUT2D eigenvalue weighted by Crippen LogP contribution is 2.30. The Bertz CT molecular complexity index is 276. The summed E-state index contributed by atoms with van der Waals surface area (Å²) in [6.07, 6.45) is -0.319. The lowest BCUT2D eigenvalue weighted by molar-refractivity contribution is 0.0478. The van der Waals surface area contributed by atoms with E-state index in [1.807, 2.05) is 20.8 Å². The Morgan fingerprint density at radius 1 is 1.18 bits per heavy atom. The molecule has 1 aliphatic rings. The number of hydrogen-bond acceptors (Lipinski definition) is 3. The largest absolute Gasteiger partial charge is 0.444 e. The highest BCUT2D eigenvalue weighted by Gasteiger charge is 2.37. The van der Waals surface area contributed by atoms with E-state index in [-0.39, 0.29) is 17.6 Å². The third-order valence-electron chi connectivity index (χ3n) is 3.03. The average molecular weight is 242 g/mol. The van der Waals surface area contributed by atoms with Crippen molar-refractivity contribution < 1.29 is 9.53 Å². The van der Waals surface area contributed by atoms with E-state index in [2.05, 4.69) is 31.4 Å². The van der Waals surface area contributed by atoms with Gasteiger partial charge in [-0.3, -0.25) is 0 Å². The first kappa shape index (κ1) is 14.3. The molecule has 1 aliphatic heterocycles. The minimum atomic E-state index is -0.437. The quantitative estimate of drug-likeness (QED) is 0.740. The van der Waals surface area contributed by atoms with Gasteiger partial charge in [-0.2, -0.15) is 0 Å². The van der Waals surface area contributed by atoms with E-state index in [0.717, 1.165) is 13.1 Å². The molecule has 0 bridgehead atoms. The van der Waals surface area contributed by atoms with E-state index >= 15 is 0 Å². The normalized spacial score (nSPS) is 25.8. The summed E-state index contributed by atoms with van der Waals surface area (Å²) in [4.78, 5) is 11.7. The molecule has 1 rings (SSSR count). The summed E-state index contributed by atoms with van der Waals surface area (Å²) < 4.78 is 5.28. The third-order valence-corrected chi connectivity index (χ3v) is 3.03. The van der Waals surface area contributed by atoms with Crippen molar-refractivity contribution >= 4 is 6.09 Å². The molecule has 1 fully saturated rings. The fourth-order valence-electron chi connectivity index (χ4n) is 2.20. The van der Waals surface area contributed by atoms with E-state index in [4.69, 9.17) is 4.74 Å². The van der Waals surface area contributed by atoms with Crippen molar-refractivity contribution in [1.29, 1.82) is 0 Å². The molecule has 0 aromatic rings. The molecule has 1 heterocycles. The predicted octanol–water partition coefficient (Wildman–Crippen LogP) is 2.15. The average Bonchev–Trinajstić information content (AvgIpc) is 2.46. The number of hydrogen-bond donors (Lipinski definition) is 2. The van der Waals surface area contributed by atoms with Crippen LogP contribution in [0.2, 0.25) is 0 Å². The molecular weight excluding hydrogens is 216 g/mol. The van der Waals surface area contributed by atoms with Crippen molar-refractivity contribution in [2.45, 2.75) is 53.2 Å². The van der Waals surface area contributed by atoms with Crippen LogP contribution < -0.4 is 10.6 Å². The summed E-state index contributed by atoms with van der Waals surface area (Å²) in [5, 5.41) is 6.30. The standard InChI is InChI=1S/C13H26N2O2/c1-12(2,3)9-7-14-8-10(9)15-11(16)17-13(4,5)6/h9-10,14H,7-8H2,1-6H3,(H,15,16)/t9-,10+/m0/s1. The van der Waals surface area contributed by atoms with Crippen molar-refractivity contribution in [3.8, 4) is 0 Å². The van der Waals surface area contributed by atoms with Gasteiger partial charge in [0, 0.05) is 19.1 Å². The van der Waals surface area contributed by atoms with E-state index in [1.54, 1.807) is 0 Å². The molecule has 2 atom stereocenters. The molecule has 0 spiro atoms. The molecule has 0 aromatic carbocycles. The molecule has 0 saturated carbocycles. The monoisotopic (exact) mass is 242 g/mol. The fourth-order valence-corrected chi connectivity index (χ4v) is 2.20. The van der Waals surface area contributed by atoms with Gasteiger partial charge in [-0.15, -0.1) is 0 Å². The molecule has 4 heteroatoms. The molecule has 0 unspecified atom stereocenters. The highest BCUT2D eigenvalue weighted by atomic mass is 16.6. The SMILES string of the molecule is CC(C)(C)OC(=O)N[C@@H]1CNC[C@@H]1C(C)(C)C. The number of rotatable bonds is 1. The van der Waals surface area contributed by atoms with Gasteiger partial charge in [0.1, 0.15) is 5.60 Å². The Hall–Kier alpha value is -0.770. The molecular formula is C13H26N2O2. The van der Waals surface area contributed by atoms with Gasteiger partial charge >= 0.3 is 6.09 Å². The van der Waals surface area contributed by atoms with Gasteiger partial charge in [-0.25, -0.2) is 4.79 Å². The molecule has 4 nitrogen and oxygen atoms in total. The van der Waals surface area contributed by atoms with E-state index in [1.165, 1.54) is 0 Å². The lowest BCUT2D eigenvalue weighted by Crippen LogP contribution is -2.46. The van der Waals surface area contributed by atoms with Crippen molar-refractivity contribution in [2.24, 2.45) is 11.3 Å². The molecule has 0 aromatic heterocycles. The van der Waals surface area contributed by atoms with Crippen LogP contribution in [-0.4, -0.2) is 30.8 Å². The maximum Gasteiger partial charge on any atom is 0.407 e. The smallest absolute Gasteiger partial charge is 0.407 e. The number of amides is 1. The van der Waals surface area contributed by atoms with Crippen LogP contribution in [-0.2, 0) is 4.74 Å². The van der Waals surface area contributed by atoms with E-state index in [0.29, 0.717) is 5.92 Å². The Morgan fingerprint density at radius 3 is 2.24 bits per heavy atom. The summed E-state index contributed by atoms with van der Waals surface area (Å²) in [5.74, 6) is 0.440. The fraction of sp³-hybridized carbons (Fsp3) is 0.923. The minimum absolute atomic E-state index is 0.157. The maximum absolute atomic E-state index is 11.7. The topological polar surface area (TPSA) is 50.4 Å². The first-order chi connectivity index (χ1) is 7.59. The summed E-state index contributed by atoms with van der Waals surface area (Å²) in [5.41, 5.74) is -0.253. The summed E-state index contributed by atoms with van der Waals surface area (Å²) >= 11 is 0. The molecule has 1 saturated heterocycles. The maximum atomic E-state index is 11.7. The van der Waals surface area contributed by atoms with Gasteiger partial charge < -0.3 is 15.4 Å². The van der Waals surface area contributed by atoms with E-state index < -0.39 is 5.60 Å². The van der Waals surface area contributed by atoms with Crippen LogP contribution in [0.25, 0.3) is 0 Å². The molecule has 0 aliphatic carbocycles. The number of ether oxygens (including phenoxy) is 1. The van der Waals surface area contributed by atoms with Gasteiger partial charge in [0.15, 0.2) is 0 Å². The highest BCUT2D eigenvalue weighted by molar-refractivity contribution is 5.68.